The summed E-state index contributed by atoms with van der Waals surface area (Å²) >= 11 is 11.8. The molecule has 0 aliphatic heterocycles. The first kappa shape index (κ1) is 15.7. The first-order chi connectivity index (χ1) is 9.95. The highest BCUT2D eigenvalue weighted by molar-refractivity contribution is 6.31. The van der Waals surface area contributed by atoms with E-state index in [0.29, 0.717) is 10.0 Å². The summed E-state index contributed by atoms with van der Waals surface area (Å²) in [6.45, 7) is 4.03. The molecular weight excluding hydrogens is 307 g/mol. The lowest BCUT2D eigenvalue weighted by molar-refractivity contribution is -0.114. The average Bonchev–Trinajstić information content (AvgIpc) is 2.41. The van der Waals surface area contributed by atoms with Gasteiger partial charge in [-0.15, -0.1) is 0 Å². The standard InChI is InChI=1S/C16H16Cl2N2O/c1-10-7-12(17)3-5-14(10)19-9-16(21)20-15-6-4-13(18)8-11(15)2/h3-8,19H,9H2,1-2H3,(H,20,21). The summed E-state index contributed by atoms with van der Waals surface area (Å²) < 4.78 is 0. The predicted molar refractivity (Wildman–Crippen MR) is 89.5 cm³/mol. The van der Waals surface area contributed by atoms with Crippen molar-refractivity contribution >= 4 is 40.5 Å². The maximum Gasteiger partial charge on any atom is 0.243 e. The number of amides is 1. The number of hydrogen-bond donors (Lipinski definition) is 2. The molecule has 0 saturated carbocycles. The molecule has 0 fully saturated rings. The van der Waals surface area contributed by atoms with Crippen molar-refractivity contribution in [1.29, 1.82) is 0 Å². The fourth-order valence-electron chi connectivity index (χ4n) is 1.96. The lowest BCUT2D eigenvalue weighted by Crippen LogP contribution is -2.22. The van der Waals surface area contributed by atoms with Crippen LogP contribution in [-0.4, -0.2) is 12.5 Å². The van der Waals surface area contributed by atoms with Crippen molar-refractivity contribution < 1.29 is 4.79 Å². The number of rotatable bonds is 4. The second-order valence-corrected chi connectivity index (χ2v) is 5.69. The maximum atomic E-state index is 12.0. The summed E-state index contributed by atoms with van der Waals surface area (Å²) in [6.07, 6.45) is 0. The van der Waals surface area contributed by atoms with Gasteiger partial charge >= 0.3 is 0 Å². The van der Waals surface area contributed by atoms with Crippen molar-refractivity contribution in [3.63, 3.8) is 0 Å². The number of carbonyl (C=O) groups is 1. The predicted octanol–water partition coefficient (Wildman–Crippen LogP) is 4.66. The highest BCUT2D eigenvalue weighted by Crippen LogP contribution is 2.21. The van der Waals surface area contributed by atoms with Gasteiger partial charge < -0.3 is 10.6 Å². The number of benzene rings is 2. The van der Waals surface area contributed by atoms with Crippen molar-refractivity contribution in [2.45, 2.75) is 13.8 Å². The number of nitrogens with one attached hydrogen (secondary N) is 2. The molecule has 0 bridgehead atoms. The van der Waals surface area contributed by atoms with Gasteiger partial charge in [-0.25, -0.2) is 0 Å². The number of aryl methyl sites for hydroxylation is 2. The number of anilines is 2. The largest absolute Gasteiger partial charge is 0.376 e. The monoisotopic (exact) mass is 322 g/mol. The van der Waals surface area contributed by atoms with Crippen molar-refractivity contribution in [2.24, 2.45) is 0 Å². The van der Waals surface area contributed by atoms with E-state index in [9.17, 15) is 4.79 Å². The normalized spacial score (nSPS) is 10.3. The maximum absolute atomic E-state index is 12.0. The second-order valence-electron chi connectivity index (χ2n) is 4.82. The van der Waals surface area contributed by atoms with Gasteiger partial charge in [0.15, 0.2) is 0 Å². The summed E-state index contributed by atoms with van der Waals surface area (Å²) in [5.41, 5.74) is 3.58. The Labute approximate surface area is 134 Å². The molecule has 5 heteroatoms. The summed E-state index contributed by atoms with van der Waals surface area (Å²) in [5.74, 6) is -0.116. The summed E-state index contributed by atoms with van der Waals surface area (Å²) in [4.78, 5) is 12.0. The molecule has 0 unspecified atom stereocenters. The van der Waals surface area contributed by atoms with Crippen LogP contribution < -0.4 is 10.6 Å². The molecule has 110 valence electrons. The van der Waals surface area contributed by atoms with E-state index in [4.69, 9.17) is 23.2 Å². The molecule has 0 aliphatic carbocycles. The molecule has 0 aliphatic rings. The van der Waals surface area contributed by atoms with Crippen LogP contribution in [0.1, 0.15) is 11.1 Å². The molecule has 0 spiro atoms. The second kappa shape index (κ2) is 6.83. The van der Waals surface area contributed by atoms with Crippen LogP contribution in [0.2, 0.25) is 10.0 Å². The molecule has 0 aromatic heterocycles. The quantitative estimate of drug-likeness (QED) is 0.859. The Morgan fingerprint density at radius 1 is 0.952 bits per heavy atom. The fourth-order valence-corrected chi connectivity index (χ4v) is 2.42. The SMILES string of the molecule is Cc1cc(Cl)ccc1NCC(=O)Nc1ccc(Cl)cc1C. The highest BCUT2D eigenvalue weighted by atomic mass is 35.5. The van der Waals surface area contributed by atoms with Crippen LogP contribution in [0.25, 0.3) is 0 Å². The molecule has 2 N–H and O–H groups in total. The van der Waals surface area contributed by atoms with Crippen LogP contribution >= 0.6 is 23.2 Å². The minimum atomic E-state index is -0.116. The third kappa shape index (κ3) is 4.38. The number of hydrogen-bond acceptors (Lipinski definition) is 2. The van der Waals surface area contributed by atoms with Gasteiger partial charge in [0, 0.05) is 21.4 Å². The van der Waals surface area contributed by atoms with E-state index in [2.05, 4.69) is 10.6 Å². The van der Waals surface area contributed by atoms with Crippen molar-refractivity contribution in [1.82, 2.24) is 0 Å². The molecule has 0 radical (unpaired) electrons. The van der Waals surface area contributed by atoms with Crippen LogP contribution in [0.3, 0.4) is 0 Å². The molecule has 0 saturated heterocycles. The molecule has 1 amide bonds. The molecular formula is C16H16Cl2N2O. The van der Waals surface area contributed by atoms with Crippen molar-refractivity contribution in [2.75, 3.05) is 17.2 Å². The third-order valence-corrected chi connectivity index (χ3v) is 3.56. The van der Waals surface area contributed by atoms with Gasteiger partial charge in [0.25, 0.3) is 0 Å². The minimum absolute atomic E-state index is 0.116. The summed E-state index contributed by atoms with van der Waals surface area (Å²) in [6, 6.07) is 10.9. The van der Waals surface area contributed by atoms with E-state index in [1.807, 2.05) is 32.0 Å². The van der Waals surface area contributed by atoms with Gasteiger partial charge in [0.2, 0.25) is 5.91 Å². The Kier molecular flexibility index (Phi) is 5.10. The molecule has 2 aromatic rings. The van der Waals surface area contributed by atoms with Crippen molar-refractivity contribution in [3.05, 3.63) is 57.6 Å². The van der Waals surface area contributed by atoms with Crippen LogP contribution in [0.4, 0.5) is 11.4 Å². The summed E-state index contributed by atoms with van der Waals surface area (Å²) in [7, 11) is 0. The van der Waals surface area contributed by atoms with Gasteiger partial charge in [-0.2, -0.15) is 0 Å². The zero-order chi connectivity index (χ0) is 15.4. The molecule has 2 aromatic carbocycles. The molecule has 0 atom stereocenters. The van der Waals surface area contributed by atoms with E-state index in [0.717, 1.165) is 22.5 Å². The summed E-state index contributed by atoms with van der Waals surface area (Å²) in [5, 5.41) is 7.28. The minimum Gasteiger partial charge on any atom is -0.376 e. The Morgan fingerprint density at radius 3 is 2.00 bits per heavy atom. The lowest BCUT2D eigenvalue weighted by atomic mass is 10.2. The fraction of sp³-hybridized carbons (Fsp3) is 0.188. The van der Waals surface area contributed by atoms with E-state index in [1.54, 1.807) is 18.2 Å². The van der Waals surface area contributed by atoms with Crippen molar-refractivity contribution in [3.8, 4) is 0 Å². The average molecular weight is 323 g/mol. The van der Waals surface area contributed by atoms with E-state index in [-0.39, 0.29) is 12.5 Å². The van der Waals surface area contributed by atoms with E-state index < -0.39 is 0 Å². The zero-order valence-electron chi connectivity index (χ0n) is 11.8. The van der Waals surface area contributed by atoms with Gasteiger partial charge in [-0.1, -0.05) is 23.2 Å². The van der Waals surface area contributed by atoms with E-state index >= 15 is 0 Å². The van der Waals surface area contributed by atoms with Crippen LogP contribution in [0, 0.1) is 13.8 Å². The third-order valence-electron chi connectivity index (χ3n) is 3.09. The van der Waals surface area contributed by atoms with Gasteiger partial charge in [-0.05, 0) is 61.4 Å². The Bertz CT molecular complexity index is 671. The Balaban J connectivity index is 1.96. The Morgan fingerprint density at radius 2 is 1.48 bits per heavy atom. The lowest BCUT2D eigenvalue weighted by Gasteiger charge is -2.11. The zero-order valence-corrected chi connectivity index (χ0v) is 13.3. The van der Waals surface area contributed by atoms with Gasteiger partial charge in [0.05, 0.1) is 6.54 Å². The smallest absolute Gasteiger partial charge is 0.243 e. The Hall–Kier alpha value is -1.71. The number of halogens is 2. The molecule has 2 rings (SSSR count). The first-order valence-electron chi connectivity index (χ1n) is 6.52. The van der Waals surface area contributed by atoms with Gasteiger partial charge in [0.1, 0.15) is 0 Å². The van der Waals surface area contributed by atoms with E-state index in [1.165, 1.54) is 0 Å². The molecule has 21 heavy (non-hydrogen) atoms. The topological polar surface area (TPSA) is 41.1 Å². The first-order valence-corrected chi connectivity index (χ1v) is 7.27. The van der Waals surface area contributed by atoms with Crippen LogP contribution in [0.15, 0.2) is 36.4 Å². The molecule has 0 heterocycles. The van der Waals surface area contributed by atoms with Crippen LogP contribution in [0.5, 0.6) is 0 Å². The molecule has 3 nitrogen and oxygen atoms in total. The highest BCUT2D eigenvalue weighted by Gasteiger charge is 2.06. The van der Waals surface area contributed by atoms with Gasteiger partial charge in [-0.3, -0.25) is 4.79 Å². The number of carbonyl (C=O) groups excluding carboxylic acids is 1. The van der Waals surface area contributed by atoms with Crippen LogP contribution in [-0.2, 0) is 4.79 Å².